The van der Waals surface area contributed by atoms with Crippen molar-refractivity contribution >= 4 is 76.7 Å². The maximum Gasteiger partial charge on any atom is 0.131 e. The van der Waals surface area contributed by atoms with Crippen LogP contribution in [0.1, 0.15) is 16.7 Å². The zero-order valence-electron chi connectivity index (χ0n) is 30.6. The van der Waals surface area contributed by atoms with E-state index in [-0.39, 0.29) is 0 Å². The SMILES string of the molecule is NC(=Nc1ccccc1Cc1ccccc1)c1cccc(-n2c3ccccc3c3c4ccc5ccc6c7ccccc7n(-c7ccccc7)c6c5c4ccc32)c1. The molecule has 0 aliphatic rings. The van der Waals surface area contributed by atoms with Crippen LogP contribution in [0.3, 0.4) is 0 Å². The minimum absolute atomic E-state index is 0.489. The summed E-state index contributed by atoms with van der Waals surface area (Å²) in [5.74, 6) is 0.489. The second-order valence-electron chi connectivity index (χ2n) is 14.6. The fourth-order valence-electron chi connectivity index (χ4n) is 8.85. The summed E-state index contributed by atoms with van der Waals surface area (Å²) >= 11 is 0. The highest BCUT2D eigenvalue weighted by atomic mass is 15.0. The van der Waals surface area contributed by atoms with Gasteiger partial charge < -0.3 is 14.9 Å². The molecular formula is C52H36N4. The smallest absolute Gasteiger partial charge is 0.131 e. The van der Waals surface area contributed by atoms with Gasteiger partial charge in [0.05, 0.1) is 27.8 Å². The van der Waals surface area contributed by atoms with Crippen molar-refractivity contribution in [3.63, 3.8) is 0 Å². The molecule has 2 heterocycles. The van der Waals surface area contributed by atoms with Gasteiger partial charge in [-0.25, -0.2) is 4.99 Å². The van der Waals surface area contributed by atoms with Crippen LogP contribution in [0.25, 0.3) is 76.5 Å². The van der Waals surface area contributed by atoms with Crippen LogP contribution in [0, 0.1) is 0 Å². The van der Waals surface area contributed by atoms with Crippen LogP contribution in [0.5, 0.6) is 0 Å². The molecule has 11 rings (SSSR count). The van der Waals surface area contributed by atoms with Gasteiger partial charge >= 0.3 is 0 Å². The number of aromatic nitrogens is 2. The van der Waals surface area contributed by atoms with Crippen molar-refractivity contribution in [1.29, 1.82) is 0 Å². The summed E-state index contributed by atoms with van der Waals surface area (Å²) in [6, 6.07) is 69.3. The highest BCUT2D eigenvalue weighted by Gasteiger charge is 2.20. The van der Waals surface area contributed by atoms with Gasteiger partial charge in [-0.2, -0.15) is 0 Å². The van der Waals surface area contributed by atoms with Crippen molar-refractivity contribution in [2.24, 2.45) is 10.7 Å². The second kappa shape index (κ2) is 12.9. The molecular weight excluding hydrogens is 681 g/mol. The van der Waals surface area contributed by atoms with E-state index in [2.05, 4.69) is 185 Å². The fourth-order valence-corrected chi connectivity index (χ4v) is 8.85. The minimum atomic E-state index is 0.489. The van der Waals surface area contributed by atoms with Crippen molar-refractivity contribution in [3.8, 4) is 11.4 Å². The lowest BCUT2D eigenvalue weighted by Gasteiger charge is -2.13. The molecule has 0 saturated carbocycles. The van der Waals surface area contributed by atoms with Crippen LogP contribution in [-0.2, 0) is 6.42 Å². The standard InChI is InChI=1S/C52H36N4/c53-52(54-45-23-10-7-16-36(45)32-34-14-3-1-4-15-34)37-17-13-20-39(33-37)55-47-25-12-9-22-44(47)50-42-28-26-35-27-29-43-40-21-8-11-24-46(40)56(38-18-5-2-6-19-38)51(43)49(35)41(42)30-31-48(50)55/h1-31,33H,32H2,(H2,53,54). The minimum Gasteiger partial charge on any atom is -0.383 e. The Labute approximate surface area is 324 Å². The molecule has 0 amide bonds. The Kier molecular flexibility index (Phi) is 7.36. The molecule has 0 atom stereocenters. The van der Waals surface area contributed by atoms with Crippen LogP contribution in [0.4, 0.5) is 5.69 Å². The average molecular weight is 717 g/mol. The Morgan fingerprint density at radius 3 is 1.89 bits per heavy atom. The van der Waals surface area contributed by atoms with Gasteiger partial charge in [0.25, 0.3) is 0 Å². The number of aliphatic imine (C=N–C) groups is 1. The summed E-state index contributed by atoms with van der Waals surface area (Å²) in [6.45, 7) is 0. The molecule has 56 heavy (non-hydrogen) atoms. The Bertz CT molecular complexity index is 3330. The number of para-hydroxylation sites is 4. The number of hydrogen-bond acceptors (Lipinski definition) is 1. The van der Waals surface area contributed by atoms with Crippen molar-refractivity contribution in [2.45, 2.75) is 6.42 Å². The topological polar surface area (TPSA) is 48.2 Å². The highest BCUT2D eigenvalue weighted by Crippen LogP contribution is 2.43. The van der Waals surface area contributed by atoms with E-state index in [1.807, 2.05) is 18.2 Å². The summed E-state index contributed by atoms with van der Waals surface area (Å²) < 4.78 is 4.81. The molecule has 11 aromatic rings. The van der Waals surface area contributed by atoms with Crippen molar-refractivity contribution in [2.75, 3.05) is 0 Å². The van der Waals surface area contributed by atoms with Gasteiger partial charge in [0.15, 0.2) is 0 Å². The molecule has 0 aliphatic carbocycles. The lowest BCUT2D eigenvalue weighted by Crippen LogP contribution is -2.13. The van der Waals surface area contributed by atoms with Gasteiger partial charge in [0.1, 0.15) is 5.84 Å². The average Bonchev–Trinajstić information content (AvgIpc) is 3.78. The Balaban J connectivity index is 1.11. The number of nitrogens with two attached hydrogens (primary N) is 1. The molecule has 0 bridgehead atoms. The first kappa shape index (κ1) is 32.0. The maximum absolute atomic E-state index is 6.83. The lowest BCUT2D eigenvalue weighted by molar-refractivity contribution is 1.17. The molecule has 0 aliphatic heterocycles. The number of rotatable bonds is 6. The number of hydrogen-bond donors (Lipinski definition) is 1. The van der Waals surface area contributed by atoms with E-state index in [0.29, 0.717) is 5.84 Å². The number of benzene rings is 9. The zero-order chi connectivity index (χ0) is 37.2. The Hall–Kier alpha value is -7.43. The molecule has 4 nitrogen and oxygen atoms in total. The first-order valence-electron chi connectivity index (χ1n) is 19.1. The number of nitrogens with zero attached hydrogens (tertiary/aromatic N) is 3. The van der Waals surface area contributed by atoms with Gasteiger partial charge in [-0.1, -0.05) is 146 Å². The molecule has 0 unspecified atom stereocenters. The zero-order valence-corrected chi connectivity index (χ0v) is 30.6. The van der Waals surface area contributed by atoms with Gasteiger partial charge in [-0.3, -0.25) is 0 Å². The summed E-state index contributed by atoms with van der Waals surface area (Å²) in [5, 5.41) is 9.91. The third kappa shape index (κ3) is 5.04. The quantitative estimate of drug-likeness (QED) is 0.104. The van der Waals surface area contributed by atoms with E-state index in [4.69, 9.17) is 10.7 Å². The largest absolute Gasteiger partial charge is 0.383 e. The van der Waals surface area contributed by atoms with Crippen molar-refractivity contribution < 1.29 is 0 Å². The predicted molar refractivity (Wildman–Crippen MR) is 236 cm³/mol. The van der Waals surface area contributed by atoms with Crippen LogP contribution in [-0.4, -0.2) is 15.0 Å². The lowest BCUT2D eigenvalue weighted by atomic mass is 9.96. The van der Waals surface area contributed by atoms with E-state index < -0.39 is 0 Å². The second-order valence-corrected chi connectivity index (χ2v) is 14.6. The molecule has 0 spiro atoms. The molecule has 9 aromatic carbocycles. The summed E-state index contributed by atoms with van der Waals surface area (Å²) in [7, 11) is 0. The molecule has 0 radical (unpaired) electrons. The maximum atomic E-state index is 6.83. The third-order valence-electron chi connectivity index (χ3n) is 11.3. The normalized spacial score (nSPS) is 12.2. The van der Waals surface area contributed by atoms with E-state index >= 15 is 0 Å². The molecule has 2 N–H and O–H groups in total. The van der Waals surface area contributed by atoms with E-state index in [1.54, 1.807) is 0 Å². The van der Waals surface area contributed by atoms with E-state index in [0.717, 1.165) is 45.6 Å². The van der Waals surface area contributed by atoms with Gasteiger partial charge in [0.2, 0.25) is 0 Å². The first-order chi connectivity index (χ1) is 27.7. The van der Waals surface area contributed by atoms with E-state index in [9.17, 15) is 0 Å². The van der Waals surface area contributed by atoms with Gasteiger partial charge in [-0.05, 0) is 82.2 Å². The third-order valence-corrected chi connectivity index (χ3v) is 11.3. The molecule has 2 aromatic heterocycles. The van der Waals surface area contributed by atoms with Crippen LogP contribution >= 0.6 is 0 Å². The molecule has 264 valence electrons. The molecule has 0 saturated heterocycles. The summed E-state index contributed by atoms with van der Waals surface area (Å²) in [6.07, 6.45) is 0.790. The number of amidine groups is 1. The molecule has 4 heteroatoms. The van der Waals surface area contributed by atoms with Crippen molar-refractivity contribution in [1.82, 2.24) is 9.13 Å². The van der Waals surface area contributed by atoms with Gasteiger partial charge in [-0.15, -0.1) is 0 Å². The van der Waals surface area contributed by atoms with E-state index in [1.165, 1.54) is 59.7 Å². The Morgan fingerprint density at radius 1 is 0.446 bits per heavy atom. The highest BCUT2D eigenvalue weighted by molar-refractivity contribution is 6.31. The monoisotopic (exact) mass is 716 g/mol. The van der Waals surface area contributed by atoms with Gasteiger partial charge in [0, 0.05) is 43.9 Å². The van der Waals surface area contributed by atoms with Crippen LogP contribution in [0.15, 0.2) is 199 Å². The predicted octanol–water partition coefficient (Wildman–Crippen LogP) is 12.8. The van der Waals surface area contributed by atoms with Crippen molar-refractivity contribution in [3.05, 3.63) is 211 Å². The summed E-state index contributed by atoms with van der Waals surface area (Å²) in [4.78, 5) is 5.00. The molecule has 0 fully saturated rings. The van der Waals surface area contributed by atoms with Crippen LogP contribution in [0.2, 0.25) is 0 Å². The Morgan fingerprint density at radius 2 is 1.07 bits per heavy atom. The summed E-state index contributed by atoms with van der Waals surface area (Å²) in [5.41, 5.74) is 17.9. The fraction of sp³-hybridized carbons (Fsp3) is 0.0192. The number of fused-ring (bicyclic) bond motifs is 11. The first-order valence-corrected chi connectivity index (χ1v) is 19.1. The van der Waals surface area contributed by atoms with Crippen LogP contribution < -0.4 is 5.73 Å².